The van der Waals surface area contributed by atoms with E-state index in [1.54, 1.807) is 36.8 Å². The third kappa shape index (κ3) is 3.00. The van der Waals surface area contributed by atoms with E-state index in [4.69, 9.17) is 9.47 Å². The number of aromatic nitrogens is 3. The van der Waals surface area contributed by atoms with Crippen LogP contribution in [-0.2, 0) is 11.8 Å². The SMILES string of the molecule is Cn1cnc2cc(OC(=O)COc3cccnc3)ccc21. The van der Waals surface area contributed by atoms with Crippen LogP contribution in [0.4, 0.5) is 0 Å². The Bertz CT molecular complexity index is 768. The lowest BCUT2D eigenvalue weighted by atomic mass is 10.3. The lowest BCUT2D eigenvalue weighted by Gasteiger charge is -2.06. The second-order valence-electron chi connectivity index (χ2n) is 4.46. The van der Waals surface area contributed by atoms with Crippen LogP contribution in [0, 0.1) is 0 Å². The van der Waals surface area contributed by atoms with Crippen LogP contribution in [0.2, 0.25) is 0 Å². The van der Waals surface area contributed by atoms with E-state index in [1.807, 2.05) is 17.7 Å². The molecule has 6 heteroatoms. The molecule has 0 atom stereocenters. The fraction of sp³-hybridized carbons (Fsp3) is 0.133. The number of fused-ring (bicyclic) bond motifs is 1. The van der Waals surface area contributed by atoms with Crippen molar-refractivity contribution in [2.75, 3.05) is 6.61 Å². The largest absolute Gasteiger partial charge is 0.480 e. The van der Waals surface area contributed by atoms with Crippen LogP contribution in [-0.4, -0.2) is 27.1 Å². The molecule has 1 aromatic carbocycles. The molecule has 3 rings (SSSR count). The van der Waals surface area contributed by atoms with Gasteiger partial charge in [-0.3, -0.25) is 4.98 Å². The quantitative estimate of drug-likeness (QED) is 0.541. The van der Waals surface area contributed by atoms with Gasteiger partial charge in [-0.25, -0.2) is 9.78 Å². The number of hydrogen-bond donors (Lipinski definition) is 0. The summed E-state index contributed by atoms with van der Waals surface area (Å²) in [5.41, 5.74) is 1.75. The van der Waals surface area contributed by atoms with Gasteiger partial charge in [0.2, 0.25) is 0 Å². The fourth-order valence-electron chi connectivity index (χ4n) is 1.92. The van der Waals surface area contributed by atoms with E-state index in [0.29, 0.717) is 11.5 Å². The number of benzene rings is 1. The predicted octanol–water partition coefficient (Wildman–Crippen LogP) is 1.95. The van der Waals surface area contributed by atoms with Crippen molar-refractivity contribution in [1.82, 2.24) is 14.5 Å². The summed E-state index contributed by atoms with van der Waals surface area (Å²) in [5.74, 6) is 0.491. The first-order valence-electron chi connectivity index (χ1n) is 6.37. The molecule has 21 heavy (non-hydrogen) atoms. The van der Waals surface area contributed by atoms with Crippen molar-refractivity contribution in [2.45, 2.75) is 0 Å². The average molecular weight is 283 g/mol. The fourth-order valence-corrected chi connectivity index (χ4v) is 1.92. The number of hydrogen-bond acceptors (Lipinski definition) is 5. The van der Waals surface area contributed by atoms with E-state index in [-0.39, 0.29) is 6.61 Å². The summed E-state index contributed by atoms with van der Waals surface area (Å²) in [6, 6.07) is 8.76. The van der Waals surface area contributed by atoms with Crippen molar-refractivity contribution >= 4 is 17.0 Å². The van der Waals surface area contributed by atoms with Crippen LogP contribution in [0.25, 0.3) is 11.0 Å². The molecule has 0 unspecified atom stereocenters. The summed E-state index contributed by atoms with van der Waals surface area (Å²) in [6.45, 7) is -0.175. The van der Waals surface area contributed by atoms with Crippen LogP contribution in [0.5, 0.6) is 11.5 Å². The van der Waals surface area contributed by atoms with Gasteiger partial charge in [-0.15, -0.1) is 0 Å². The Kier molecular flexibility index (Phi) is 3.51. The molecule has 2 aromatic heterocycles. The number of carbonyl (C=O) groups excluding carboxylic acids is 1. The van der Waals surface area contributed by atoms with E-state index in [2.05, 4.69) is 9.97 Å². The number of ether oxygens (including phenoxy) is 2. The maximum absolute atomic E-state index is 11.7. The minimum Gasteiger partial charge on any atom is -0.480 e. The zero-order valence-corrected chi connectivity index (χ0v) is 11.4. The normalized spacial score (nSPS) is 10.5. The van der Waals surface area contributed by atoms with Crippen molar-refractivity contribution in [2.24, 2.45) is 7.05 Å². The van der Waals surface area contributed by atoms with Crippen LogP contribution in [0.15, 0.2) is 49.1 Å². The maximum atomic E-state index is 11.7. The van der Waals surface area contributed by atoms with Crippen LogP contribution >= 0.6 is 0 Å². The van der Waals surface area contributed by atoms with E-state index in [1.165, 1.54) is 6.20 Å². The van der Waals surface area contributed by atoms with Gasteiger partial charge in [0.25, 0.3) is 0 Å². The molecule has 0 amide bonds. The number of esters is 1. The highest BCUT2D eigenvalue weighted by atomic mass is 16.6. The molecule has 0 aliphatic heterocycles. The van der Waals surface area contributed by atoms with Crippen molar-refractivity contribution in [3.05, 3.63) is 49.1 Å². The third-order valence-electron chi connectivity index (χ3n) is 2.92. The van der Waals surface area contributed by atoms with E-state index in [9.17, 15) is 4.79 Å². The highest BCUT2D eigenvalue weighted by Crippen LogP contribution is 2.19. The smallest absolute Gasteiger partial charge is 0.349 e. The number of nitrogens with zero attached hydrogens (tertiary/aromatic N) is 3. The van der Waals surface area contributed by atoms with Crippen molar-refractivity contribution < 1.29 is 14.3 Å². The molecular weight excluding hydrogens is 270 g/mol. The minimum absolute atomic E-state index is 0.175. The summed E-state index contributed by atoms with van der Waals surface area (Å²) in [4.78, 5) is 19.8. The van der Waals surface area contributed by atoms with Gasteiger partial charge < -0.3 is 14.0 Å². The summed E-state index contributed by atoms with van der Waals surface area (Å²) in [5, 5.41) is 0. The highest BCUT2D eigenvalue weighted by Gasteiger charge is 2.08. The van der Waals surface area contributed by atoms with Gasteiger partial charge in [0.1, 0.15) is 11.5 Å². The Morgan fingerprint density at radius 3 is 3.00 bits per heavy atom. The van der Waals surface area contributed by atoms with Crippen molar-refractivity contribution in [3.8, 4) is 11.5 Å². The standard InChI is InChI=1S/C15H13N3O3/c1-18-10-17-13-7-11(4-5-14(13)18)21-15(19)9-20-12-3-2-6-16-8-12/h2-8,10H,9H2,1H3. The molecule has 0 bridgehead atoms. The average Bonchev–Trinajstić information content (AvgIpc) is 2.87. The molecule has 3 aromatic rings. The molecule has 0 saturated carbocycles. The van der Waals surface area contributed by atoms with E-state index < -0.39 is 5.97 Å². The molecule has 6 nitrogen and oxygen atoms in total. The summed E-state index contributed by atoms with van der Waals surface area (Å²) >= 11 is 0. The molecule has 106 valence electrons. The summed E-state index contributed by atoms with van der Waals surface area (Å²) < 4.78 is 12.4. The number of imidazole rings is 1. The number of aryl methyl sites for hydroxylation is 1. The van der Waals surface area contributed by atoms with Gasteiger partial charge in [-0.1, -0.05) is 0 Å². The lowest BCUT2D eigenvalue weighted by molar-refractivity contribution is -0.136. The molecule has 0 radical (unpaired) electrons. The van der Waals surface area contributed by atoms with Gasteiger partial charge in [0, 0.05) is 19.3 Å². The Morgan fingerprint density at radius 2 is 2.19 bits per heavy atom. The number of pyridine rings is 1. The first-order chi connectivity index (χ1) is 10.2. The van der Waals surface area contributed by atoms with Gasteiger partial charge in [-0.05, 0) is 24.3 Å². The minimum atomic E-state index is -0.478. The van der Waals surface area contributed by atoms with Gasteiger partial charge >= 0.3 is 5.97 Å². The molecule has 0 N–H and O–H groups in total. The topological polar surface area (TPSA) is 66.2 Å². The molecule has 0 aliphatic carbocycles. The molecular formula is C15H13N3O3. The van der Waals surface area contributed by atoms with Crippen LogP contribution in [0.1, 0.15) is 0 Å². The number of rotatable bonds is 4. The second-order valence-corrected chi connectivity index (χ2v) is 4.46. The van der Waals surface area contributed by atoms with Gasteiger partial charge in [-0.2, -0.15) is 0 Å². The van der Waals surface area contributed by atoms with Gasteiger partial charge in [0.15, 0.2) is 6.61 Å². The predicted molar refractivity (Wildman–Crippen MR) is 76.1 cm³/mol. The molecule has 2 heterocycles. The Balaban J connectivity index is 1.63. The number of carbonyl (C=O) groups is 1. The Morgan fingerprint density at radius 1 is 1.29 bits per heavy atom. The van der Waals surface area contributed by atoms with Crippen LogP contribution in [0.3, 0.4) is 0 Å². The molecule has 0 aliphatic rings. The first kappa shape index (κ1) is 13.1. The van der Waals surface area contributed by atoms with Gasteiger partial charge in [0.05, 0.1) is 23.6 Å². The second kappa shape index (κ2) is 5.62. The third-order valence-corrected chi connectivity index (χ3v) is 2.92. The molecule has 0 spiro atoms. The summed E-state index contributed by atoms with van der Waals surface area (Å²) in [6.07, 6.45) is 4.88. The van der Waals surface area contributed by atoms with E-state index in [0.717, 1.165) is 11.0 Å². The molecule has 0 saturated heterocycles. The first-order valence-corrected chi connectivity index (χ1v) is 6.37. The zero-order valence-electron chi connectivity index (χ0n) is 11.4. The molecule has 0 fully saturated rings. The zero-order chi connectivity index (χ0) is 14.7. The Hall–Kier alpha value is -2.89. The maximum Gasteiger partial charge on any atom is 0.349 e. The lowest BCUT2D eigenvalue weighted by Crippen LogP contribution is -2.17. The monoisotopic (exact) mass is 283 g/mol. The highest BCUT2D eigenvalue weighted by molar-refractivity contribution is 5.79. The summed E-state index contributed by atoms with van der Waals surface area (Å²) in [7, 11) is 1.91. The van der Waals surface area contributed by atoms with Crippen molar-refractivity contribution in [1.29, 1.82) is 0 Å². The van der Waals surface area contributed by atoms with Crippen molar-refractivity contribution in [3.63, 3.8) is 0 Å². The Labute approximate surface area is 121 Å². The van der Waals surface area contributed by atoms with E-state index >= 15 is 0 Å². The van der Waals surface area contributed by atoms with Crippen LogP contribution < -0.4 is 9.47 Å².